The normalized spacial score (nSPS) is 19.7. The molecule has 3 rings (SSSR count). The van der Waals surface area contributed by atoms with Crippen LogP contribution in [0.15, 0.2) is 24.3 Å². The monoisotopic (exact) mass is 286 g/mol. The van der Waals surface area contributed by atoms with Crippen molar-refractivity contribution in [1.29, 1.82) is 0 Å². The lowest BCUT2D eigenvalue weighted by Gasteiger charge is -2.32. The number of amides is 1. The fraction of sp³-hybridized carbons (Fsp3) is 0.500. The molecule has 0 bridgehead atoms. The molecule has 0 radical (unpaired) electrons. The summed E-state index contributed by atoms with van der Waals surface area (Å²) in [4.78, 5) is 23.6. The molecule has 5 nitrogen and oxygen atoms in total. The van der Waals surface area contributed by atoms with Gasteiger partial charge in [0, 0.05) is 26.6 Å². The van der Waals surface area contributed by atoms with Gasteiger partial charge in [0.05, 0.1) is 17.6 Å². The van der Waals surface area contributed by atoms with Crippen LogP contribution >= 0.6 is 0 Å². The highest BCUT2D eigenvalue weighted by Crippen LogP contribution is 2.18. The minimum absolute atomic E-state index is 0.270. The number of hydrogen-bond acceptors (Lipinski definition) is 3. The zero-order valence-corrected chi connectivity index (χ0v) is 12.7. The molecule has 1 fully saturated rings. The third-order valence-electron chi connectivity index (χ3n) is 4.15. The third kappa shape index (κ3) is 3.24. The van der Waals surface area contributed by atoms with Crippen molar-refractivity contribution in [3.05, 3.63) is 30.1 Å². The molecule has 0 spiro atoms. The lowest BCUT2D eigenvalue weighted by Crippen LogP contribution is -2.41. The number of hydrogen-bond donors (Lipinski definition) is 1. The maximum absolute atomic E-state index is 11.5. The minimum Gasteiger partial charge on any atom is -0.345 e. The maximum Gasteiger partial charge on any atom is 0.222 e. The predicted molar refractivity (Wildman–Crippen MR) is 82.8 cm³/mol. The number of piperidine rings is 1. The van der Waals surface area contributed by atoms with Crippen LogP contribution in [0.3, 0.4) is 0 Å². The molecule has 1 aromatic heterocycles. The van der Waals surface area contributed by atoms with Crippen molar-refractivity contribution in [3.8, 4) is 0 Å². The summed E-state index contributed by atoms with van der Waals surface area (Å²) in [5.74, 6) is 1.83. The second-order valence-corrected chi connectivity index (χ2v) is 6.08. The van der Waals surface area contributed by atoms with Crippen molar-refractivity contribution < 1.29 is 4.79 Å². The van der Waals surface area contributed by atoms with Gasteiger partial charge in [0.15, 0.2) is 0 Å². The topological polar surface area (TPSA) is 52.2 Å². The van der Waals surface area contributed by atoms with Crippen LogP contribution in [0, 0.1) is 5.92 Å². The van der Waals surface area contributed by atoms with Crippen LogP contribution in [0.4, 0.5) is 0 Å². The van der Waals surface area contributed by atoms with Crippen LogP contribution in [0.1, 0.15) is 18.7 Å². The Kier molecular flexibility index (Phi) is 3.92. The van der Waals surface area contributed by atoms with Crippen LogP contribution in [0.2, 0.25) is 0 Å². The highest BCUT2D eigenvalue weighted by Gasteiger charge is 2.23. The number of imidazole rings is 1. The number of H-pyrrole nitrogens is 1. The van der Waals surface area contributed by atoms with Gasteiger partial charge in [-0.2, -0.15) is 0 Å². The predicted octanol–water partition coefficient (Wildman–Crippen LogP) is 1.86. The van der Waals surface area contributed by atoms with Crippen molar-refractivity contribution in [2.45, 2.75) is 19.4 Å². The number of fused-ring (bicyclic) bond motifs is 1. The zero-order valence-electron chi connectivity index (χ0n) is 12.7. The molecule has 1 aliphatic rings. The van der Waals surface area contributed by atoms with Gasteiger partial charge in [0.2, 0.25) is 5.91 Å². The van der Waals surface area contributed by atoms with Gasteiger partial charge in [-0.15, -0.1) is 0 Å². The van der Waals surface area contributed by atoms with Crippen LogP contribution in [0.25, 0.3) is 11.0 Å². The van der Waals surface area contributed by atoms with E-state index in [1.165, 1.54) is 0 Å². The van der Waals surface area contributed by atoms with E-state index in [9.17, 15) is 4.79 Å². The molecular formula is C16H22N4O. The molecule has 1 amide bonds. The summed E-state index contributed by atoms with van der Waals surface area (Å²) in [6.07, 6.45) is 1.67. The van der Waals surface area contributed by atoms with E-state index in [0.717, 1.165) is 42.9 Å². The molecule has 112 valence electrons. The Bertz CT molecular complexity index is 603. The third-order valence-corrected chi connectivity index (χ3v) is 4.15. The largest absolute Gasteiger partial charge is 0.345 e. The number of aromatic amines is 1. The van der Waals surface area contributed by atoms with E-state index in [-0.39, 0.29) is 5.91 Å². The fourth-order valence-corrected chi connectivity index (χ4v) is 3.09. The number of para-hydroxylation sites is 2. The second kappa shape index (κ2) is 5.85. The van der Waals surface area contributed by atoms with E-state index in [4.69, 9.17) is 0 Å². The molecule has 1 unspecified atom stereocenters. The van der Waals surface area contributed by atoms with E-state index in [1.807, 2.05) is 36.2 Å². The first kappa shape index (κ1) is 14.1. The molecule has 0 aliphatic carbocycles. The summed E-state index contributed by atoms with van der Waals surface area (Å²) in [5, 5.41) is 0. The number of aromatic nitrogens is 2. The van der Waals surface area contributed by atoms with Gasteiger partial charge in [0.1, 0.15) is 5.82 Å². The van der Waals surface area contributed by atoms with Gasteiger partial charge in [-0.1, -0.05) is 12.1 Å². The molecule has 1 aliphatic heterocycles. The van der Waals surface area contributed by atoms with Crippen molar-refractivity contribution in [2.24, 2.45) is 5.92 Å². The Morgan fingerprint density at radius 1 is 1.43 bits per heavy atom. The first-order valence-corrected chi connectivity index (χ1v) is 7.48. The molecule has 5 heteroatoms. The Hall–Kier alpha value is -1.88. The number of nitrogens with zero attached hydrogens (tertiary/aromatic N) is 3. The second-order valence-electron chi connectivity index (χ2n) is 6.08. The van der Waals surface area contributed by atoms with Crippen LogP contribution < -0.4 is 0 Å². The van der Waals surface area contributed by atoms with Gasteiger partial charge in [0.25, 0.3) is 0 Å². The Balaban J connectivity index is 1.58. The molecule has 21 heavy (non-hydrogen) atoms. The van der Waals surface area contributed by atoms with Crippen molar-refractivity contribution in [1.82, 2.24) is 19.8 Å². The summed E-state index contributed by atoms with van der Waals surface area (Å²) in [6.45, 7) is 2.67. The molecule has 2 aromatic rings. The average Bonchev–Trinajstić information content (AvgIpc) is 2.84. The summed E-state index contributed by atoms with van der Waals surface area (Å²) in [5.41, 5.74) is 2.10. The molecule has 1 N–H and O–H groups in total. The molecule has 0 saturated carbocycles. The number of likely N-dealkylation sites (tertiary alicyclic amines) is 1. The average molecular weight is 286 g/mol. The number of carbonyl (C=O) groups excluding carboxylic acids is 1. The summed E-state index contributed by atoms with van der Waals surface area (Å²) in [7, 11) is 4.01. The van der Waals surface area contributed by atoms with E-state index in [0.29, 0.717) is 12.3 Å². The number of carbonyl (C=O) groups is 1. The van der Waals surface area contributed by atoms with Gasteiger partial charge in [-0.05, 0) is 31.5 Å². The highest BCUT2D eigenvalue weighted by molar-refractivity contribution is 5.76. The standard InChI is InChI=1S/C16H22N4O/c1-19(9-12-7-8-16(21)20(2)10-12)11-15-17-13-5-3-4-6-14(13)18-15/h3-6,12H,7-11H2,1-2H3,(H,17,18). The Morgan fingerprint density at radius 3 is 3.00 bits per heavy atom. The number of rotatable bonds is 4. The molecule has 2 heterocycles. The fourth-order valence-electron chi connectivity index (χ4n) is 3.09. The van der Waals surface area contributed by atoms with Gasteiger partial charge in [-0.25, -0.2) is 4.98 Å². The molecule has 1 saturated heterocycles. The van der Waals surface area contributed by atoms with E-state index >= 15 is 0 Å². The Morgan fingerprint density at radius 2 is 2.24 bits per heavy atom. The highest BCUT2D eigenvalue weighted by atomic mass is 16.2. The first-order valence-electron chi connectivity index (χ1n) is 7.48. The van der Waals surface area contributed by atoms with Crippen molar-refractivity contribution in [3.63, 3.8) is 0 Å². The zero-order chi connectivity index (χ0) is 14.8. The summed E-state index contributed by atoms with van der Waals surface area (Å²) in [6, 6.07) is 8.10. The van der Waals surface area contributed by atoms with Crippen molar-refractivity contribution >= 4 is 16.9 Å². The SMILES string of the molecule is CN(Cc1nc2ccccc2[nH]1)CC1CCC(=O)N(C)C1. The lowest BCUT2D eigenvalue weighted by atomic mass is 9.97. The number of nitrogens with one attached hydrogen (secondary N) is 1. The van der Waals surface area contributed by atoms with Crippen LogP contribution in [-0.4, -0.2) is 52.9 Å². The van der Waals surface area contributed by atoms with Gasteiger partial charge >= 0.3 is 0 Å². The van der Waals surface area contributed by atoms with Crippen molar-refractivity contribution in [2.75, 3.05) is 27.2 Å². The number of benzene rings is 1. The van der Waals surface area contributed by atoms with E-state index in [1.54, 1.807) is 0 Å². The summed E-state index contributed by atoms with van der Waals surface area (Å²) < 4.78 is 0. The van der Waals surface area contributed by atoms with Gasteiger partial charge in [-0.3, -0.25) is 9.69 Å². The lowest BCUT2D eigenvalue weighted by molar-refractivity contribution is -0.133. The van der Waals surface area contributed by atoms with E-state index in [2.05, 4.69) is 21.9 Å². The maximum atomic E-state index is 11.5. The van der Waals surface area contributed by atoms with Crippen LogP contribution in [0.5, 0.6) is 0 Å². The summed E-state index contributed by atoms with van der Waals surface area (Å²) >= 11 is 0. The Labute approximate surface area is 125 Å². The minimum atomic E-state index is 0.270. The smallest absolute Gasteiger partial charge is 0.222 e. The van der Waals surface area contributed by atoms with Gasteiger partial charge < -0.3 is 9.88 Å². The van der Waals surface area contributed by atoms with Crippen LogP contribution in [-0.2, 0) is 11.3 Å². The van der Waals surface area contributed by atoms with E-state index < -0.39 is 0 Å². The molecule has 1 aromatic carbocycles. The first-order chi connectivity index (χ1) is 10.1. The molecular weight excluding hydrogens is 264 g/mol. The molecule has 1 atom stereocenters. The quantitative estimate of drug-likeness (QED) is 0.933.